The number of hydrogen-bond donors (Lipinski definition) is 3. The maximum atomic E-state index is 11.8. The SMILES string of the molecule is CC(C)CC(CN)NC(=O)NCC(F)(F)F. The van der Waals surface area contributed by atoms with E-state index in [4.69, 9.17) is 5.73 Å². The number of urea groups is 1. The Labute approximate surface area is 92.8 Å². The van der Waals surface area contributed by atoms with Crippen molar-refractivity contribution in [1.82, 2.24) is 10.6 Å². The average molecular weight is 241 g/mol. The van der Waals surface area contributed by atoms with Crippen LogP contribution in [0.1, 0.15) is 20.3 Å². The topological polar surface area (TPSA) is 67.1 Å². The summed E-state index contributed by atoms with van der Waals surface area (Å²) in [6.45, 7) is 2.76. The Morgan fingerprint density at radius 3 is 2.31 bits per heavy atom. The van der Waals surface area contributed by atoms with Crippen molar-refractivity contribution in [1.29, 1.82) is 0 Å². The minimum absolute atomic E-state index is 0.206. The van der Waals surface area contributed by atoms with Crippen molar-refractivity contribution in [3.63, 3.8) is 0 Å². The number of hydrogen-bond acceptors (Lipinski definition) is 2. The monoisotopic (exact) mass is 241 g/mol. The van der Waals surface area contributed by atoms with E-state index >= 15 is 0 Å². The molecule has 0 aliphatic heterocycles. The number of nitrogens with one attached hydrogen (secondary N) is 2. The van der Waals surface area contributed by atoms with Gasteiger partial charge in [0.15, 0.2) is 0 Å². The van der Waals surface area contributed by atoms with Crippen molar-refractivity contribution >= 4 is 6.03 Å². The maximum Gasteiger partial charge on any atom is 0.405 e. The molecular weight excluding hydrogens is 223 g/mol. The Bertz CT molecular complexity index is 219. The first-order valence-electron chi connectivity index (χ1n) is 5.05. The van der Waals surface area contributed by atoms with Crippen LogP contribution in [0.3, 0.4) is 0 Å². The van der Waals surface area contributed by atoms with Gasteiger partial charge < -0.3 is 16.4 Å². The molecule has 4 nitrogen and oxygen atoms in total. The first-order chi connectivity index (χ1) is 7.24. The van der Waals surface area contributed by atoms with Crippen LogP contribution in [0.2, 0.25) is 0 Å². The molecule has 0 fully saturated rings. The second kappa shape index (κ2) is 6.57. The Morgan fingerprint density at radius 1 is 1.38 bits per heavy atom. The molecule has 16 heavy (non-hydrogen) atoms. The molecule has 2 amide bonds. The molecule has 0 bridgehead atoms. The Balaban J connectivity index is 3.92. The lowest BCUT2D eigenvalue weighted by Gasteiger charge is -2.19. The molecule has 1 unspecified atom stereocenters. The number of carbonyl (C=O) groups excluding carboxylic acids is 1. The standard InChI is InChI=1S/C9H18F3N3O/c1-6(2)3-7(4-13)15-8(16)14-5-9(10,11)12/h6-7H,3-5,13H2,1-2H3,(H2,14,15,16). The quantitative estimate of drug-likeness (QED) is 0.677. The lowest BCUT2D eigenvalue weighted by molar-refractivity contribution is -0.122. The van der Waals surface area contributed by atoms with Gasteiger partial charge in [0.25, 0.3) is 0 Å². The Hall–Kier alpha value is -0.980. The maximum absolute atomic E-state index is 11.8. The summed E-state index contributed by atoms with van der Waals surface area (Å²) in [4.78, 5) is 11.1. The molecule has 7 heteroatoms. The fourth-order valence-electron chi connectivity index (χ4n) is 1.20. The lowest BCUT2D eigenvalue weighted by atomic mass is 10.0. The van der Waals surface area contributed by atoms with Crippen LogP contribution in [-0.4, -0.2) is 31.3 Å². The molecule has 96 valence electrons. The van der Waals surface area contributed by atoms with E-state index in [0.29, 0.717) is 12.3 Å². The average Bonchev–Trinajstić information content (AvgIpc) is 2.12. The van der Waals surface area contributed by atoms with Crippen molar-refractivity contribution in [2.24, 2.45) is 11.7 Å². The van der Waals surface area contributed by atoms with E-state index in [1.165, 1.54) is 0 Å². The fourth-order valence-corrected chi connectivity index (χ4v) is 1.20. The summed E-state index contributed by atoms with van der Waals surface area (Å²) < 4.78 is 35.3. The zero-order valence-electron chi connectivity index (χ0n) is 9.40. The number of carbonyl (C=O) groups is 1. The molecule has 0 aliphatic rings. The third-order valence-electron chi connectivity index (χ3n) is 1.83. The van der Waals surface area contributed by atoms with Crippen LogP contribution < -0.4 is 16.4 Å². The Morgan fingerprint density at radius 2 is 1.94 bits per heavy atom. The number of amides is 2. The molecule has 0 saturated carbocycles. The summed E-state index contributed by atoms with van der Waals surface area (Å²) in [7, 11) is 0. The second-order valence-electron chi connectivity index (χ2n) is 4.00. The summed E-state index contributed by atoms with van der Waals surface area (Å²) in [5.74, 6) is 0.316. The van der Waals surface area contributed by atoms with Gasteiger partial charge in [-0.15, -0.1) is 0 Å². The highest BCUT2D eigenvalue weighted by Crippen LogP contribution is 2.12. The number of nitrogens with two attached hydrogens (primary N) is 1. The van der Waals surface area contributed by atoms with Crippen molar-refractivity contribution in [3.05, 3.63) is 0 Å². The third-order valence-corrected chi connectivity index (χ3v) is 1.83. The fraction of sp³-hybridized carbons (Fsp3) is 0.889. The summed E-state index contributed by atoms with van der Waals surface area (Å²) in [6, 6.07) is -1.14. The van der Waals surface area contributed by atoms with Gasteiger partial charge in [0.1, 0.15) is 6.54 Å². The van der Waals surface area contributed by atoms with Gasteiger partial charge in [-0.1, -0.05) is 13.8 Å². The van der Waals surface area contributed by atoms with E-state index in [1.807, 2.05) is 13.8 Å². The molecule has 1 atom stereocenters. The van der Waals surface area contributed by atoms with E-state index in [1.54, 1.807) is 5.32 Å². The predicted molar refractivity (Wildman–Crippen MR) is 54.9 cm³/mol. The van der Waals surface area contributed by atoms with E-state index < -0.39 is 18.8 Å². The summed E-state index contributed by atoms with van der Waals surface area (Å²) in [5.41, 5.74) is 5.39. The van der Waals surface area contributed by atoms with Crippen LogP contribution in [0.15, 0.2) is 0 Å². The van der Waals surface area contributed by atoms with Gasteiger partial charge in [-0.25, -0.2) is 4.79 Å². The molecule has 0 aliphatic carbocycles. The summed E-state index contributed by atoms with van der Waals surface area (Å²) in [5, 5.41) is 4.13. The minimum Gasteiger partial charge on any atom is -0.334 e. The van der Waals surface area contributed by atoms with Gasteiger partial charge in [-0.2, -0.15) is 13.2 Å². The molecule has 4 N–H and O–H groups in total. The van der Waals surface area contributed by atoms with Crippen LogP contribution in [0.25, 0.3) is 0 Å². The molecule has 0 spiro atoms. The zero-order chi connectivity index (χ0) is 12.8. The molecule has 0 rings (SSSR count). The molecule has 0 heterocycles. The van der Waals surface area contributed by atoms with Crippen molar-refractivity contribution < 1.29 is 18.0 Å². The number of alkyl halides is 3. The van der Waals surface area contributed by atoms with Gasteiger partial charge in [0.05, 0.1) is 0 Å². The normalized spacial score (nSPS) is 13.7. The van der Waals surface area contributed by atoms with Gasteiger partial charge >= 0.3 is 12.2 Å². The molecule has 0 saturated heterocycles. The first-order valence-corrected chi connectivity index (χ1v) is 5.05. The van der Waals surface area contributed by atoms with Crippen LogP contribution >= 0.6 is 0 Å². The highest BCUT2D eigenvalue weighted by Gasteiger charge is 2.28. The summed E-state index contributed by atoms with van der Waals surface area (Å²) in [6.07, 6.45) is -3.76. The number of rotatable bonds is 5. The largest absolute Gasteiger partial charge is 0.405 e. The van der Waals surface area contributed by atoms with Gasteiger partial charge in [-0.3, -0.25) is 0 Å². The highest BCUT2D eigenvalue weighted by molar-refractivity contribution is 5.74. The summed E-state index contributed by atoms with van der Waals surface area (Å²) >= 11 is 0. The van der Waals surface area contributed by atoms with E-state index in [-0.39, 0.29) is 12.6 Å². The second-order valence-corrected chi connectivity index (χ2v) is 4.00. The Kier molecular flexibility index (Phi) is 6.17. The van der Waals surface area contributed by atoms with E-state index in [2.05, 4.69) is 5.32 Å². The first kappa shape index (κ1) is 15.0. The van der Waals surface area contributed by atoms with Gasteiger partial charge in [-0.05, 0) is 12.3 Å². The van der Waals surface area contributed by atoms with Gasteiger partial charge in [0, 0.05) is 12.6 Å². The predicted octanol–water partition coefficient (Wildman–Crippen LogP) is 1.22. The van der Waals surface area contributed by atoms with Gasteiger partial charge in [0.2, 0.25) is 0 Å². The van der Waals surface area contributed by atoms with E-state index in [0.717, 1.165) is 0 Å². The van der Waals surface area contributed by atoms with Crippen LogP contribution in [0, 0.1) is 5.92 Å². The third kappa shape index (κ3) is 8.34. The van der Waals surface area contributed by atoms with Crippen molar-refractivity contribution in [3.8, 4) is 0 Å². The van der Waals surface area contributed by atoms with Crippen molar-refractivity contribution in [2.75, 3.05) is 13.1 Å². The van der Waals surface area contributed by atoms with Crippen LogP contribution in [-0.2, 0) is 0 Å². The molecule has 0 aromatic carbocycles. The molecule has 0 radical (unpaired) electrons. The van der Waals surface area contributed by atoms with Crippen LogP contribution in [0.5, 0.6) is 0 Å². The highest BCUT2D eigenvalue weighted by atomic mass is 19.4. The minimum atomic E-state index is -4.40. The lowest BCUT2D eigenvalue weighted by Crippen LogP contribution is -2.48. The number of halogens is 3. The van der Waals surface area contributed by atoms with Crippen molar-refractivity contribution in [2.45, 2.75) is 32.5 Å². The molecule has 0 aromatic heterocycles. The zero-order valence-corrected chi connectivity index (χ0v) is 9.40. The van der Waals surface area contributed by atoms with Crippen LogP contribution in [0.4, 0.5) is 18.0 Å². The molecular formula is C9H18F3N3O. The molecule has 0 aromatic rings. The smallest absolute Gasteiger partial charge is 0.334 e. The van der Waals surface area contributed by atoms with E-state index in [9.17, 15) is 18.0 Å².